The van der Waals surface area contributed by atoms with Crippen LogP contribution in [0.25, 0.3) is 0 Å². The molecule has 0 unspecified atom stereocenters. The summed E-state index contributed by atoms with van der Waals surface area (Å²) < 4.78 is 4.78. The lowest BCUT2D eigenvalue weighted by Crippen LogP contribution is -2.01. The van der Waals surface area contributed by atoms with E-state index in [2.05, 4.69) is 13.8 Å². The molecule has 0 atom stereocenters. The third-order valence-corrected chi connectivity index (χ3v) is 1.38. The van der Waals surface area contributed by atoms with E-state index in [0.717, 1.165) is 12.0 Å². The van der Waals surface area contributed by atoms with Crippen LogP contribution in [-0.2, 0) is 9.53 Å². The van der Waals surface area contributed by atoms with Gasteiger partial charge in [0, 0.05) is 6.08 Å². The Morgan fingerprint density at radius 3 is 2.50 bits per heavy atom. The molecule has 2 nitrogen and oxygen atoms in total. The minimum absolute atomic E-state index is 0.226. The van der Waals surface area contributed by atoms with Crippen molar-refractivity contribution in [3.05, 3.63) is 11.6 Å². The number of carbonyl (C=O) groups excluding carboxylic acids is 1. The molecular weight excluding hydrogens is 152 g/mol. The zero-order valence-corrected chi connectivity index (χ0v) is 8.39. The van der Waals surface area contributed by atoms with Gasteiger partial charge >= 0.3 is 5.97 Å². The van der Waals surface area contributed by atoms with Crippen molar-refractivity contribution in [2.75, 3.05) is 6.61 Å². The molecule has 70 valence electrons. The zero-order valence-electron chi connectivity index (χ0n) is 8.39. The number of hydrogen-bond donors (Lipinski definition) is 0. The number of esters is 1. The average Bonchev–Trinajstić information content (AvgIpc) is 1.84. The summed E-state index contributed by atoms with van der Waals surface area (Å²) in [6.07, 6.45) is 2.53. The van der Waals surface area contributed by atoms with Crippen molar-refractivity contribution in [2.45, 2.75) is 34.1 Å². The molecular formula is C10H18O2. The van der Waals surface area contributed by atoms with Crippen LogP contribution in [0.2, 0.25) is 0 Å². The fourth-order valence-corrected chi connectivity index (χ4v) is 1.09. The lowest BCUT2D eigenvalue weighted by Gasteiger charge is -2.03. The first-order valence-corrected chi connectivity index (χ1v) is 4.40. The fourth-order valence-electron chi connectivity index (χ4n) is 1.09. The van der Waals surface area contributed by atoms with Crippen LogP contribution in [0.4, 0.5) is 0 Å². The average molecular weight is 170 g/mol. The van der Waals surface area contributed by atoms with E-state index in [1.807, 2.05) is 13.8 Å². The summed E-state index contributed by atoms with van der Waals surface area (Å²) in [5, 5.41) is 0. The first kappa shape index (κ1) is 11.2. The quantitative estimate of drug-likeness (QED) is 0.478. The van der Waals surface area contributed by atoms with Crippen LogP contribution < -0.4 is 0 Å². The van der Waals surface area contributed by atoms with Crippen LogP contribution in [0.5, 0.6) is 0 Å². The Labute approximate surface area is 74.6 Å². The Hall–Kier alpha value is -0.790. The van der Waals surface area contributed by atoms with Crippen molar-refractivity contribution in [3.8, 4) is 0 Å². The molecule has 2 heteroatoms. The van der Waals surface area contributed by atoms with Gasteiger partial charge in [0.15, 0.2) is 0 Å². The van der Waals surface area contributed by atoms with Crippen LogP contribution in [-0.4, -0.2) is 12.6 Å². The molecule has 0 spiro atoms. The SMILES string of the molecule is CCOC(=O)C=C(C)CC(C)C. The van der Waals surface area contributed by atoms with Gasteiger partial charge in [0.1, 0.15) is 0 Å². The smallest absolute Gasteiger partial charge is 0.330 e. The zero-order chi connectivity index (χ0) is 9.56. The van der Waals surface area contributed by atoms with Crippen molar-refractivity contribution < 1.29 is 9.53 Å². The van der Waals surface area contributed by atoms with Gasteiger partial charge < -0.3 is 4.74 Å². The maximum atomic E-state index is 10.9. The third kappa shape index (κ3) is 5.96. The molecule has 0 aliphatic rings. The molecule has 0 aliphatic heterocycles. The minimum atomic E-state index is -0.226. The van der Waals surface area contributed by atoms with Crippen molar-refractivity contribution in [1.82, 2.24) is 0 Å². The summed E-state index contributed by atoms with van der Waals surface area (Å²) in [6.45, 7) is 8.47. The van der Waals surface area contributed by atoms with Gasteiger partial charge in [0.25, 0.3) is 0 Å². The van der Waals surface area contributed by atoms with Gasteiger partial charge in [-0.1, -0.05) is 19.4 Å². The Morgan fingerprint density at radius 1 is 1.50 bits per heavy atom. The van der Waals surface area contributed by atoms with Gasteiger partial charge in [0.2, 0.25) is 0 Å². The van der Waals surface area contributed by atoms with E-state index in [1.54, 1.807) is 6.08 Å². The van der Waals surface area contributed by atoms with E-state index in [0.29, 0.717) is 12.5 Å². The van der Waals surface area contributed by atoms with Gasteiger partial charge in [-0.25, -0.2) is 4.79 Å². The second kappa shape index (κ2) is 5.81. The van der Waals surface area contributed by atoms with Gasteiger partial charge in [-0.3, -0.25) is 0 Å². The monoisotopic (exact) mass is 170 g/mol. The van der Waals surface area contributed by atoms with Gasteiger partial charge in [-0.2, -0.15) is 0 Å². The molecule has 0 aromatic carbocycles. The van der Waals surface area contributed by atoms with Gasteiger partial charge in [-0.05, 0) is 26.2 Å². The molecule has 0 aliphatic carbocycles. The molecule has 0 N–H and O–H groups in total. The number of ether oxygens (including phenoxy) is 1. The maximum Gasteiger partial charge on any atom is 0.330 e. The van der Waals surface area contributed by atoms with Crippen LogP contribution in [0, 0.1) is 5.92 Å². The van der Waals surface area contributed by atoms with E-state index in [9.17, 15) is 4.79 Å². The lowest BCUT2D eigenvalue weighted by molar-refractivity contribution is -0.137. The van der Waals surface area contributed by atoms with Crippen LogP contribution in [0.1, 0.15) is 34.1 Å². The predicted octanol–water partition coefficient (Wildman–Crippen LogP) is 2.54. The molecule has 0 fully saturated rings. The molecule has 0 aromatic rings. The number of carbonyl (C=O) groups is 1. The normalized spacial score (nSPS) is 11.9. The molecule has 12 heavy (non-hydrogen) atoms. The second-order valence-electron chi connectivity index (χ2n) is 3.34. The van der Waals surface area contributed by atoms with Gasteiger partial charge in [-0.15, -0.1) is 0 Å². The Bertz CT molecular complexity index is 169. The Balaban J connectivity index is 3.89. The highest BCUT2D eigenvalue weighted by molar-refractivity contribution is 5.82. The summed E-state index contributed by atoms with van der Waals surface area (Å²) >= 11 is 0. The Kier molecular flexibility index (Phi) is 5.43. The predicted molar refractivity (Wildman–Crippen MR) is 49.8 cm³/mol. The topological polar surface area (TPSA) is 26.3 Å². The van der Waals surface area contributed by atoms with Crippen LogP contribution >= 0.6 is 0 Å². The molecule has 0 bridgehead atoms. The van der Waals surface area contributed by atoms with Gasteiger partial charge in [0.05, 0.1) is 6.61 Å². The summed E-state index contributed by atoms with van der Waals surface area (Å²) in [7, 11) is 0. The lowest BCUT2D eigenvalue weighted by atomic mass is 10.0. The first-order chi connectivity index (χ1) is 5.56. The highest BCUT2D eigenvalue weighted by atomic mass is 16.5. The van der Waals surface area contributed by atoms with Crippen molar-refractivity contribution in [3.63, 3.8) is 0 Å². The molecule has 0 aromatic heterocycles. The minimum Gasteiger partial charge on any atom is -0.463 e. The summed E-state index contributed by atoms with van der Waals surface area (Å²) in [5.74, 6) is 0.367. The van der Waals surface area contributed by atoms with E-state index < -0.39 is 0 Å². The van der Waals surface area contributed by atoms with Crippen molar-refractivity contribution in [1.29, 1.82) is 0 Å². The van der Waals surface area contributed by atoms with E-state index >= 15 is 0 Å². The fraction of sp³-hybridized carbons (Fsp3) is 0.700. The standard InChI is InChI=1S/C10H18O2/c1-5-12-10(11)7-9(4)6-8(2)3/h7-8H,5-6H2,1-4H3. The molecule has 0 saturated carbocycles. The number of rotatable bonds is 4. The van der Waals surface area contributed by atoms with Crippen LogP contribution in [0.15, 0.2) is 11.6 Å². The molecule has 0 saturated heterocycles. The molecule has 0 rings (SSSR count). The summed E-state index contributed by atoms with van der Waals surface area (Å²) in [4.78, 5) is 10.9. The van der Waals surface area contributed by atoms with E-state index in [4.69, 9.17) is 4.74 Å². The third-order valence-electron chi connectivity index (χ3n) is 1.38. The maximum absolute atomic E-state index is 10.9. The van der Waals surface area contributed by atoms with Crippen molar-refractivity contribution in [2.24, 2.45) is 5.92 Å². The summed E-state index contributed by atoms with van der Waals surface area (Å²) in [6, 6.07) is 0. The van der Waals surface area contributed by atoms with E-state index in [-0.39, 0.29) is 5.97 Å². The largest absolute Gasteiger partial charge is 0.463 e. The molecule has 0 amide bonds. The number of allylic oxidation sites excluding steroid dienone is 1. The highest BCUT2D eigenvalue weighted by Crippen LogP contribution is 2.09. The second-order valence-corrected chi connectivity index (χ2v) is 3.34. The Morgan fingerprint density at radius 2 is 2.08 bits per heavy atom. The highest BCUT2D eigenvalue weighted by Gasteiger charge is 1.99. The van der Waals surface area contributed by atoms with Crippen molar-refractivity contribution >= 4 is 5.97 Å². The molecule has 0 radical (unpaired) electrons. The number of hydrogen-bond acceptors (Lipinski definition) is 2. The summed E-state index contributed by atoms with van der Waals surface area (Å²) in [5.41, 5.74) is 1.09. The first-order valence-electron chi connectivity index (χ1n) is 4.40. The van der Waals surface area contributed by atoms with E-state index in [1.165, 1.54) is 0 Å². The molecule has 0 heterocycles. The van der Waals surface area contributed by atoms with Crippen LogP contribution in [0.3, 0.4) is 0 Å².